The topological polar surface area (TPSA) is 81.1 Å². The second kappa shape index (κ2) is 8.35. The molecule has 27 heavy (non-hydrogen) atoms. The van der Waals surface area contributed by atoms with Gasteiger partial charge in [-0.1, -0.05) is 39.7 Å². The average molecular weight is 469 g/mol. The molecule has 1 aromatic heterocycles. The highest BCUT2D eigenvalue weighted by atomic mass is 79.9. The lowest BCUT2D eigenvalue weighted by atomic mass is 10.1. The van der Waals surface area contributed by atoms with Crippen molar-refractivity contribution in [2.24, 2.45) is 0 Å². The van der Waals surface area contributed by atoms with Crippen LogP contribution in [0.5, 0.6) is 0 Å². The molecule has 1 heterocycles. The molecule has 3 aromatic rings. The lowest BCUT2D eigenvalue weighted by molar-refractivity contribution is 0.548. The van der Waals surface area contributed by atoms with Gasteiger partial charge >= 0.3 is 0 Å². The van der Waals surface area contributed by atoms with Crippen molar-refractivity contribution in [1.29, 1.82) is 0 Å². The largest absolute Gasteiger partial charge is 0.268 e. The number of rotatable bonds is 6. The molecule has 0 amide bonds. The highest BCUT2D eigenvalue weighted by Crippen LogP contribution is 2.18. The van der Waals surface area contributed by atoms with Gasteiger partial charge in [-0.15, -0.1) is 0 Å². The fourth-order valence-corrected chi connectivity index (χ4v) is 3.78. The third kappa shape index (κ3) is 5.04. The zero-order chi connectivity index (χ0) is 19.4. The van der Waals surface area contributed by atoms with Crippen LogP contribution in [0.15, 0.2) is 74.8 Å². The molecule has 0 radical (unpaired) electrons. The van der Waals surface area contributed by atoms with Crippen LogP contribution in [0.4, 0.5) is 0 Å². The van der Waals surface area contributed by atoms with Gasteiger partial charge in [-0.25, -0.2) is 17.8 Å². The first kappa shape index (κ1) is 19.8. The quantitative estimate of drug-likeness (QED) is 0.602. The van der Waals surface area contributed by atoms with E-state index in [1.54, 1.807) is 42.5 Å². The van der Waals surface area contributed by atoms with E-state index in [9.17, 15) is 13.2 Å². The van der Waals surface area contributed by atoms with Gasteiger partial charge in [0.15, 0.2) is 0 Å². The molecule has 0 bridgehead atoms. The van der Waals surface area contributed by atoms with E-state index in [1.807, 2.05) is 0 Å². The van der Waals surface area contributed by atoms with Gasteiger partial charge in [-0.3, -0.25) is 4.79 Å². The number of aromatic nitrogens is 2. The molecule has 0 unspecified atom stereocenters. The van der Waals surface area contributed by atoms with Gasteiger partial charge in [0, 0.05) is 27.7 Å². The standard InChI is InChI=1S/C18H15BrClN3O3S/c19-14-3-7-16(8-4-14)27(25,26)21-11-12-23-18(24)10-9-17(22-23)13-1-5-15(20)6-2-13/h1-10,21H,11-12H2. The van der Waals surface area contributed by atoms with E-state index in [4.69, 9.17) is 11.6 Å². The summed E-state index contributed by atoms with van der Waals surface area (Å²) in [7, 11) is -3.66. The number of hydrogen-bond acceptors (Lipinski definition) is 4. The Hall–Kier alpha value is -2.00. The summed E-state index contributed by atoms with van der Waals surface area (Å²) in [5.74, 6) is 0. The zero-order valence-corrected chi connectivity index (χ0v) is 17.1. The maximum Gasteiger partial charge on any atom is 0.266 e. The van der Waals surface area contributed by atoms with Crippen LogP contribution >= 0.6 is 27.5 Å². The van der Waals surface area contributed by atoms with Crippen molar-refractivity contribution < 1.29 is 8.42 Å². The Balaban J connectivity index is 1.72. The van der Waals surface area contributed by atoms with Gasteiger partial charge in [0.05, 0.1) is 17.1 Å². The summed E-state index contributed by atoms with van der Waals surface area (Å²) in [5, 5.41) is 4.90. The molecular weight excluding hydrogens is 454 g/mol. The van der Waals surface area contributed by atoms with E-state index < -0.39 is 10.0 Å². The number of sulfonamides is 1. The summed E-state index contributed by atoms with van der Waals surface area (Å²) in [5.41, 5.74) is 1.10. The smallest absolute Gasteiger partial charge is 0.266 e. The molecule has 0 spiro atoms. The first-order valence-electron chi connectivity index (χ1n) is 7.94. The van der Waals surface area contributed by atoms with Gasteiger partial charge in [-0.05, 0) is 42.5 Å². The van der Waals surface area contributed by atoms with Gasteiger partial charge in [0.2, 0.25) is 10.0 Å². The summed E-state index contributed by atoms with van der Waals surface area (Å²) < 4.78 is 29.1. The Morgan fingerprint density at radius 3 is 2.33 bits per heavy atom. The van der Waals surface area contributed by atoms with Crippen LogP contribution in [0.3, 0.4) is 0 Å². The van der Waals surface area contributed by atoms with E-state index in [-0.39, 0.29) is 23.5 Å². The van der Waals surface area contributed by atoms with Crippen molar-refractivity contribution in [3.63, 3.8) is 0 Å². The number of nitrogens with zero attached hydrogens (tertiary/aromatic N) is 2. The molecule has 9 heteroatoms. The van der Waals surface area contributed by atoms with Gasteiger partial charge in [0.25, 0.3) is 5.56 Å². The van der Waals surface area contributed by atoms with Crippen LogP contribution in [0.2, 0.25) is 5.02 Å². The summed E-state index contributed by atoms with van der Waals surface area (Å²) in [6.45, 7) is 0.144. The molecule has 0 aliphatic rings. The third-order valence-corrected chi connectivity index (χ3v) is 6.00. The SMILES string of the molecule is O=c1ccc(-c2ccc(Cl)cc2)nn1CCNS(=O)(=O)c1ccc(Br)cc1. The molecule has 0 aliphatic heterocycles. The monoisotopic (exact) mass is 467 g/mol. The summed E-state index contributed by atoms with van der Waals surface area (Å²) in [6.07, 6.45) is 0. The number of benzene rings is 2. The average Bonchev–Trinajstić information content (AvgIpc) is 2.64. The zero-order valence-electron chi connectivity index (χ0n) is 14.0. The highest BCUT2D eigenvalue weighted by molar-refractivity contribution is 9.10. The Morgan fingerprint density at radius 1 is 1.00 bits per heavy atom. The molecule has 0 aliphatic carbocycles. The minimum atomic E-state index is -3.66. The Kier molecular flexibility index (Phi) is 6.11. The molecule has 3 rings (SSSR count). The van der Waals surface area contributed by atoms with Crippen molar-refractivity contribution in [3.8, 4) is 11.3 Å². The fourth-order valence-electron chi connectivity index (χ4n) is 2.37. The van der Waals surface area contributed by atoms with Crippen LogP contribution in [0.1, 0.15) is 0 Å². The number of nitrogens with one attached hydrogen (secondary N) is 1. The highest BCUT2D eigenvalue weighted by Gasteiger charge is 2.13. The summed E-state index contributed by atoms with van der Waals surface area (Å²) in [6, 6.07) is 16.4. The first-order valence-corrected chi connectivity index (χ1v) is 10.6. The molecule has 1 N–H and O–H groups in total. The minimum Gasteiger partial charge on any atom is -0.268 e. The van der Waals surface area contributed by atoms with Crippen LogP contribution in [0.25, 0.3) is 11.3 Å². The van der Waals surface area contributed by atoms with Gasteiger partial charge < -0.3 is 0 Å². The van der Waals surface area contributed by atoms with Crippen molar-refractivity contribution in [3.05, 3.63) is 80.5 Å². The molecule has 0 saturated heterocycles. The van der Waals surface area contributed by atoms with E-state index in [0.29, 0.717) is 10.7 Å². The Morgan fingerprint density at radius 2 is 1.67 bits per heavy atom. The van der Waals surface area contributed by atoms with Crippen LogP contribution < -0.4 is 10.3 Å². The van der Waals surface area contributed by atoms with Crippen LogP contribution in [-0.2, 0) is 16.6 Å². The van der Waals surface area contributed by atoms with Crippen molar-refractivity contribution in [2.45, 2.75) is 11.4 Å². The molecule has 0 saturated carbocycles. The predicted octanol–water partition coefficient (Wildman–Crippen LogP) is 3.30. The van der Waals surface area contributed by atoms with E-state index in [0.717, 1.165) is 10.0 Å². The maximum atomic E-state index is 12.3. The van der Waals surface area contributed by atoms with Crippen LogP contribution in [0, 0.1) is 0 Å². The minimum absolute atomic E-state index is 0.0371. The van der Waals surface area contributed by atoms with Crippen LogP contribution in [-0.4, -0.2) is 24.7 Å². The molecule has 2 aromatic carbocycles. The summed E-state index contributed by atoms with van der Waals surface area (Å²) >= 11 is 9.15. The van der Waals surface area contributed by atoms with E-state index in [1.165, 1.54) is 22.9 Å². The molecule has 6 nitrogen and oxygen atoms in total. The molecule has 0 atom stereocenters. The second-order valence-electron chi connectivity index (χ2n) is 5.64. The molecular formula is C18H15BrClN3O3S. The van der Waals surface area contributed by atoms with Gasteiger partial charge in [0.1, 0.15) is 0 Å². The number of hydrogen-bond donors (Lipinski definition) is 1. The molecule has 0 fully saturated rings. The Bertz CT molecular complexity index is 1100. The van der Waals surface area contributed by atoms with E-state index >= 15 is 0 Å². The van der Waals surface area contributed by atoms with Crippen molar-refractivity contribution >= 4 is 37.6 Å². The lowest BCUT2D eigenvalue weighted by Crippen LogP contribution is -2.32. The second-order valence-corrected chi connectivity index (χ2v) is 8.76. The predicted molar refractivity (Wildman–Crippen MR) is 108 cm³/mol. The van der Waals surface area contributed by atoms with Crippen molar-refractivity contribution in [2.75, 3.05) is 6.54 Å². The maximum absolute atomic E-state index is 12.3. The normalized spacial score (nSPS) is 11.5. The van der Waals surface area contributed by atoms with Gasteiger partial charge in [-0.2, -0.15) is 5.10 Å². The summed E-state index contributed by atoms with van der Waals surface area (Å²) in [4.78, 5) is 12.2. The van der Waals surface area contributed by atoms with Crippen molar-refractivity contribution in [1.82, 2.24) is 14.5 Å². The number of halogens is 2. The fraction of sp³-hybridized carbons (Fsp3) is 0.111. The lowest BCUT2D eigenvalue weighted by Gasteiger charge is -2.09. The Labute approximate surface area is 170 Å². The first-order chi connectivity index (χ1) is 12.8. The van der Waals surface area contributed by atoms with E-state index in [2.05, 4.69) is 25.8 Å². The third-order valence-electron chi connectivity index (χ3n) is 3.75. The molecule has 140 valence electrons.